The summed E-state index contributed by atoms with van der Waals surface area (Å²) in [4.78, 5) is 23.7. The summed E-state index contributed by atoms with van der Waals surface area (Å²) in [6.45, 7) is 1.86. The fourth-order valence-electron chi connectivity index (χ4n) is 1.99. The van der Waals surface area contributed by atoms with Gasteiger partial charge in [-0.2, -0.15) is 0 Å². The lowest BCUT2D eigenvalue weighted by atomic mass is 9.92. The molecule has 0 saturated carbocycles. The number of rotatable bonds is 2. The van der Waals surface area contributed by atoms with Crippen molar-refractivity contribution in [3.05, 3.63) is 0 Å². The Morgan fingerprint density at radius 1 is 1.64 bits per heavy atom. The summed E-state index contributed by atoms with van der Waals surface area (Å²) in [6.07, 6.45) is 6.38. The number of nitrogens with zero attached hydrogens (tertiary/aromatic N) is 1. The van der Waals surface area contributed by atoms with Gasteiger partial charge < -0.3 is 10.0 Å². The third-order valence-electron chi connectivity index (χ3n) is 2.66. The van der Waals surface area contributed by atoms with Crippen LogP contribution in [0.25, 0.3) is 0 Å². The highest BCUT2D eigenvalue weighted by Gasteiger charge is 2.48. The van der Waals surface area contributed by atoms with Crippen molar-refractivity contribution in [1.82, 2.24) is 4.90 Å². The Bertz CT molecular complexity index is 305. The first kappa shape index (κ1) is 10.6. The molecule has 1 amide bonds. The molecular weight excluding hydrogens is 182 g/mol. The minimum Gasteiger partial charge on any atom is -0.479 e. The van der Waals surface area contributed by atoms with Crippen LogP contribution in [0.2, 0.25) is 0 Å². The van der Waals surface area contributed by atoms with Crippen molar-refractivity contribution >= 4 is 11.9 Å². The van der Waals surface area contributed by atoms with E-state index < -0.39 is 11.5 Å². The molecule has 0 aromatic carbocycles. The normalized spacial score (nSPS) is 25.9. The quantitative estimate of drug-likeness (QED) is 0.652. The first-order valence-corrected chi connectivity index (χ1v) is 4.49. The van der Waals surface area contributed by atoms with Gasteiger partial charge in [0.2, 0.25) is 5.91 Å². The number of likely N-dealkylation sites (tertiary alicyclic amines) is 1. The second-order valence-electron chi connectivity index (χ2n) is 3.49. The van der Waals surface area contributed by atoms with Gasteiger partial charge >= 0.3 is 5.97 Å². The van der Waals surface area contributed by atoms with E-state index in [-0.39, 0.29) is 12.3 Å². The zero-order valence-electron chi connectivity index (χ0n) is 8.12. The Kier molecular flexibility index (Phi) is 2.80. The van der Waals surface area contributed by atoms with E-state index in [2.05, 4.69) is 5.92 Å². The summed E-state index contributed by atoms with van der Waals surface area (Å²) < 4.78 is 0. The van der Waals surface area contributed by atoms with Gasteiger partial charge in [-0.3, -0.25) is 4.79 Å². The van der Waals surface area contributed by atoms with Crippen molar-refractivity contribution in [2.45, 2.75) is 31.7 Å². The first-order valence-electron chi connectivity index (χ1n) is 4.49. The minimum atomic E-state index is -1.15. The lowest BCUT2D eigenvalue weighted by Crippen LogP contribution is -2.52. The van der Waals surface area contributed by atoms with Crippen LogP contribution in [-0.4, -0.2) is 34.0 Å². The molecule has 14 heavy (non-hydrogen) atoms. The molecule has 4 heteroatoms. The number of terminal acetylenes is 1. The van der Waals surface area contributed by atoms with Crippen LogP contribution in [0.4, 0.5) is 0 Å². The summed E-state index contributed by atoms with van der Waals surface area (Å²) in [5, 5.41) is 9.12. The van der Waals surface area contributed by atoms with Gasteiger partial charge in [0.05, 0.1) is 0 Å². The van der Waals surface area contributed by atoms with Crippen LogP contribution < -0.4 is 0 Å². The zero-order valence-corrected chi connectivity index (χ0v) is 8.12. The predicted molar refractivity (Wildman–Crippen MR) is 50.4 cm³/mol. The van der Waals surface area contributed by atoms with Crippen molar-refractivity contribution < 1.29 is 14.7 Å². The molecule has 0 aromatic rings. The number of carboxylic acids is 1. The number of carboxylic acid groups (broad SMARTS) is 1. The third kappa shape index (κ3) is 1.46. The van der Waals surface area contributed by atoms with Gasteiger partial charge in [0, 0.05) is 19.9 Å². The SMILES string of the molecule is C#CCC1(C(=O)O)CCCN1C(C)=O. The molecular formula is C10H13NO3. The van der Waals surface area contributed by atoms with Crippen LogP contribution in [-0.2, 0) is 9.59 Å². The maximum atomic E-state index is 11.2. The molecule has 1 aliphatic rings. The van der Waals surface area contributed by atoms with E-state index in [9.17, 15) is 9.59 Å². The standard InChI is InChI=1S/C10H13NO3/c1-3-5-10(9(13)14)6-4-7-11(10)8(2)12/h1H,4-7H2,2H3,(H,13,14). The van der Waals surface area contributed by atoms with Crippen LogP contribution in [0.15, 0.2) is 0 Å². The Morgan fingerprint density at radius 3 is 2.71 bits per heavy atom. The lowest BCUT2D eigenvalue weighted by Gasteiger charge is -2.32. The maximum Gasteiger partial charge on any atom is 0.330 e. The van der Waals surface area contributed by atoms with E-state index in [1.165, 1.54) is 11.8 Å². The summed E-state index contributed by atoms with van der Waals surface area (Å²) in [5.74, 6) is 1.12. The molecule has 0 bridgehead atoms. The van der Waals surface area contributed by atoms with Gasteiger partial charge in [-0.05, 0) is 12.8 Å². The van der Waals surface area contributed by atoms with Crippen LogP contribution in [0.5, 0.6) is 0 Å². The van der Waals surface area contributed by atoms with Crippen molar-refractivity contribution in [3.8, 4) is 12.3 Å². The highest BCUT2D eigenvalue weighted by atomic mass is 16.4. The van der Waals surface area contributed by atoms with Gasteiger partial charge in [0.15, 0.2) is 5.54 Å². The van der Waals surface area contributed by atoms with Gasteiger partial charge in [0.1, 0.15) is 0 Å². The smallest absolute Gasteiger partial charge is 0.330 e. The number of amides is 1. The number of hydrogen-bond donors (Lipinski definition) is 1. The van der Waals surface area contributed by atoms with Crippen molar-refractivity contribution in [3.63, 3.8) is 0 Å². The number of carbonyl (C=O) groups excluding carboxylic acids is 1. The van der Waals surface area contributed by atoms with E-state index in [1.54, 1.807) is 0 Å². The van der Waals surface area contributed by atoms with Crippen molar-refractivity contribution in [1.29, 1.82) is 0 Å². The largest absolute Gasteiger partial charge is 0.479 e. The molecule has 1 fully saturated rings. The molecule has 0 radical (unpaired) electrons. The van der Waals surface area contributed by atoms with Gasteiger partial charge in [-0.15, -0.1) is 12.3 Å². The lowest BCUT2D eigenvalue weighted by molar-refractivity contribution is -0.155. The third-order valence-corrected chi connectivity index (χ3v) is 2.66. The molecule has 1 unspecified atom stereocenters. The highest BCUT2D eigenvalue weighted by molar-refractivity contribution is 5.87. The molecule has 1 saturated heterocycles. The molecule has 4 nitrogen and oxygen atoms in total. The van der Waals surface area contributed by atoms with Crippen molar-refractivity contribution in [2.75, 3.05) is 6.54 Å². The molecule has 1 atom stereocenters. The maximum absolute atomic E-state index is 11.2. The number of hydrogen-bond acceptors (Lipinski definition) is 2. The molecule has 0 aliphatic carbocycles. The highest BCUT2D eigenvalue weighted by Crippen LogP contribution is 2.32. The monoisotopic (exact) mass is 195 g/mol. The van der Waals surface area contributed by atoms with Gasteiger partial charge in [-0.25, -0.2) is 4.79 Å². The topological polar surface area (TPSA) is 57.6 Å². The Labute approximate surface area is 82.9 Å². The average molecular weight is 195 g/mol. The van der Waals surface area contributed by atoms with E-state index in [0.717, 1.165) is 0 Å². The molecule has 1 N–H and O–H groups in total. The fraction of sp³-hybridized carbons (Fsp3) is 0.600. The number of carbonyl (C=O) groups is 2. The summed E-state index contributed by atoms with van der Waals surface area (Å²) in [6, 6.07) is 0. The molecule has 0 aromatic heterocycles. The van der Waals surface area contributed by atoms with E-state index in [4.69, 9.17) is 11.5 Å². The second-order valence-corrected chi connectivity index (χ2v) is 3.49. The Balaban J connectivity index is 3.02. The minimum absolute atomic E-state index is 0.0852. The summed E-state index contributed by atoms with van der Waals surface area (Å²) in [5.41, 5.74) is -1.15. The summed E-state index contributed by atoms with van der Waals surface area (Å²) >= 11 is 0. The fourth-order valence-corrected chi connectivity index (χ4v) is 1.99. The second kappa shape index (κ2) is 3.70. The summed E-state index contributed by atoms with van der Waals surface area (Å²) in [7, 11) is 0. The molecule has 1 heterocycles. The van der Waals surface area contributed by atoms with E-state index in [0.29, 0.717) is 19.4 Å². The van der Waals surface area contributed by atoms with Crippen LogP contribution in [0, 0.1) is 12.3 Å². The Hall–Kier alpha value is -1.50. The average Bonchev–Trinajstić information content (AvgIpc) is 2.50. The van der Waals surface area contributed by atoms with Crippen LogP contribution in [0.3, 0.4) is 0 Å². The molecule has 0 spiro atoms. The molecule has 1 rings (SSSR count). The molecule has 76 valence electrons. The Morgan fingerprint density at radius 2 is 2.29 bits per heavy atom. The van der Waals surface area contributed by atoms with Crippen LogP contribution in [0.1, 0.15) is 26.2 Å². The zero-order chi connectivity index (χ0) is 10.8. The van der Waals surface area contributed by atoms with Gasteiger partial charge in [-0.1, -0.05) is 0 Å². The number of aliphatic carboxylic acids is 1. The van der Waals surface area contributed by atoms with Gasteiger partial charge in [0.25, 0.3) is 0 Å². The predicted octanol–water partition coefficient (Wildman–Crippen LogP) is 0.475. The first-order chi connectivity index (χ1) is 6.54. The van der Waals surface area contributed by atoms with E-state index >= 15 is 0 Å². The van der Waals surface area contributed by atoms with E-state index in [1.807, 2.05) is 0 Å². The van der Waals surface area contributed by atoms with Crippen molar-refractivity contribution in [2.24, 2.45) is 0 Å². The van der Waals surface area contributed by atoms with Crippen LogP contribution >= 0.6 is 0 Å². The molecule has 1 aliphatic heterocycles.